The molecule has 1 aromatic carbocycles. The van der Waals surface area contributed by atoms with Crippen LogP contribution in [0.15, 0.2) is 18.2 Å². The van der Waals surface area contributed by atoms with E-state index < -0.39 is 0 Å². The summed E-state index contributed by atoms with van der Waals surface area (Å²) in [5, 5.41) is 3.03. The Kier molecular flexibility index (Phi) is 5.39. The Morgan fingerprint density at radius 3 is 2.43 bits per heavy atom. The summed E-state index contributed by atoms with van der Waals surface area (Å²) in [5.74, 6) is 1.54. The molecule has 1 fully saturated rings. The van der Waals surface area contributed by atoms with Gasteiger partial charge in [0.15, 0.2) is 17.5 Å². The third kappa shape index (κ3) is 4.16. The highest BCUT2D eigenvalue weighted by Crippen LogP contribution is 2.32. The predicted octanol–water partition coefficient (Wildman–Crippen LogP) is 1.63. The molecule has 1 atom stereocenters. The fourth-order valence-electron chi connectivity index (χ4n) is 3.35. The average Bonchev–Trinajstić information content (AvgIpc) is 2.54. The third-order valence-corrected chi connectivity index (χ3v) is 4.81. The second kappa shape index (κ2) is 7.68. The summed E-state index contributed by atoms with van der Waals surface area (Å²) in [6.07, 6.45) is 6.36. The van der Waals surface area contributed by atoms with Crippen molar-refractivity contribution >= 4 is 11.6 Å². The minimum Gasteiger partial charge on any atom is -0.486 e. The van der Waals surface area contributed by atoms with E-state index in [9.17, 15) is 4.79 Å². The Morgan fingerprint density at radius 1 is 1.04 bits per heavy atom. The van der Waals surface area contributed by atoms with Crippen molar-refractivity contribution in [2.24, 2.45) is 0 Å². The van der Waals surface area contributed by atoms with Crippen LogP contribution in [0.5, 0.6) is 11.5 Å². The van der Waals surface area contributed by atoms with Gasteiger partial charge in [-0.05, 0) is 44.7 Å². The van der Waals surface area contributed by atoms with Crippen molar-refractivity contribution in [1.82, 2.24) is 0 Å². The molecule has 1 saturated heterocycles. The van der Waals surface area contributed by atoms with Crippen molar-refractivity contribution in [3.8, 4) is 11.5 Å². The number of hydrogen-bond donors (Lipinski definition) is 2. The van der Waals surface area contributed by atoms with Crippen LogP contribution in [0.2, 0.25) is 0 Å². The van der Waals surface area contributed by atoms with E-state index in [1.807, 2.05) is 25.1 Å². The van der Waals surface area contributed by atoms with Crippen LogP contribution >= 0.6 is 0 Å². The number of ether oxygens (including phenoxy) is 2. The number of rotatable bonds is 3. The highest BCUT2D eigenvalue weighted by Gasteiger charge is 2.25. The van der Waals surface area contributed by atoms with Crippen LogP contribution in [-0.2, 0) is 4.79 Å². The first kappa shape index (κ1) is 16.1. The Hall–Kier alpha value is -1.75. The summed E-state index contributed by atoms with van der Waals surface area (Å²) >= 11 is 0. The van der Waals surface area contributed by atoms with Gasteiger partial charge < -0.3 is 19.7 Å². The van der Waals surface area contributed by atoms with Crippen molar-refractivity contribution in [3.63, 3.8) is 0 Å². The Morgan fingerprint density at radius 2 is 1.70 bits per heavy atom. The second-order valence-corrected chi connectivity index (χ2v) is 6.50. The SMILES string of the molecule is C[C@@H](C(=O)Nc1ccc2c(c1)OCCO2)[NH+]1CCCCCCC1. The number of hydrogen-bond acceptors (Lipinski definition) is 3. The number of likely N-dealkylation sites (tertiary alicyclic amines) is 1. The van der Waals surface area contributed by atoms with E-state index >= 15 is 0 Å². The molecule has 0 bridgehead atoms. The fraction of sp³-hybridized carbons (Fsp3) is 0.611. The summed E-state index contributed by atoms with van der Waals surface area (Å²) in [4.78, 5) is 14.0. The predicted molar refractivity (Wildman–Crippen MR) is 89.3 cm³/mol. The zero-order chi connectivity index (χ0) is 16.1. The lowest BCUT2D eigenvalue weighted by Gasteiger charge is -2.27. The van der Waals surface area contributed by atoms with E-state index in [4.69, 9.17) is 9.47 Å². The summed E-state index contributed by atoms with van der Waals surface area (Å²) in [5.41, 5.74) is 0.776. The van der Waals surface area contributed by atoms with E-state index in [0.29, 0.717) is 19.0 Å². The van der Waals surface area contributed by atoms with Crippen molar-refractivity contribution in [1.29, 1.82) is 0 Å². The fourth-order valence-corrected chi connectivity index (χ4v) is 3.35. The van der Waals surface area contributed by atoms with Crippen LogP contribution in [0.3, 0.4) is 0 Å². The van der Waals surface area contributed by atoms with Crippen LogP contribution in [-0.4, -0.2) is 38.3 Å². The minimum absolute atomic E-state index is 0.0266. The number of fused-ring (bicyclic) bond motifs is 1. The number of amides is 1. The van der Waals surface area contributed by atoms with Crippen molar-refractivity contribution in [2.75, 3.05) is 31.6 Å². The van der Waals surface area contributed by atoms with Crippen LogP contribution in [0.4, 0.5) is 5.69 Å². The van der Waals surface area contributed by atoms with E-state index in [1.54, 1.807) is 0 Å². The Balaban J connectivity index is 1.61. The average molecular weight is 319 g/mol. The molecule has 1 amide bonds. The Bertz CT molecular complexity index is 539. The number of benzene rings is 1. The number of nitrogens with one attached hydrogen (secondary N) is 2. The molecule has 2 heterocycles. The second-order valence-electron chi connectivity index (χ2n) is 6.50. The van der Waals surface area contributed by atoms with Gasteiger partial charge in [-0.25, -0.2) is 0 Å². The molecule has 0 spiro atoms. The summed E-state index contributed by atoms with van der Waals surface area (Å²) in [6, 6.07) is 5.56. The van der Waals surface area contributed by atoms with Gasteiger partial charge >= 0.3 is 0 Å². The van der Waals surface area contributed by atoms with Gasteiger partial charge in [-0.3, -0.25) is 4.79 Å². The van der Waals surface area contributed by atoms with Gasteiger partial charge in [0.05, 0.1) is 13.1 Å². The topological polar surface area (TPSA) is 52.0 Å². The van der Waals surface area contributed by atoms with Gasteiger partial charge in [0.2, 0.25) is 0 Å². The van der Waals surface area contributed by atoms with Crippen molar-refractivity contribution in [3.05, 3.63) is 18.2 Å². The standard InChI is InChI=1S/C18H26N2O3/c1-14(20-9-5-3-2-4-6-10-20)18(21)19-15-7-8-16-17(13-15)23-12-11-22-16/h7-8,13-14H,2-6,9-12H2,1H3,(H,19,21)/p+1/t14-/m0/s1. The smallest absolute Gasteiger partial charge is 0.282 e. The van der Waals surface area contributed by atoms with Crippen molar-refractivity contribution < 1.29 is 19.2 Å². The summed E-state index contributed by atoms with van der Waals surface area (Å²) in [6.45, 7) is 5.35. The zero-order valence-electron chi connectivity index (χ0n) is 13.9. The van der Waals surface area contributed by atoms with Gasteiger partial charge in [0.1, 0.15) is 13.2 Å². The monoisotopic (exact) mass is 319 g/mol. The molecule has 2 aliphatic rings. The normalized spacial score (nSPS) is 20.2. The molecule has 23 heavy (non-hydrogen) atoms. The molecule has 0 aromatic heterocycles. The lowest BCUT2D eigenvalue weighted by Crippen LogP contribution is -3.16. The minimum atomic E-state index is -0.0266. The van der Waals surface area contributed by atoms with E-state index in [1.165, 1.54) is 37.0 Å². The molecule has 3 rings (SSSR count). The van der Waals surface area contributed by atoms with Crippen LogP contribution in [0.1, 0.15) is 39.0 Å². The first-order valence-electron chi connectivity index (χ1n) is 8.79. The molecule has 0 unspecified atom stereocenters. The largest absolute Gasteiger partial charge is 0.486 e. The third-order valence-electron chi connectivity index (χ3n) is 4.81. The number of carbonyl (C=O) groups excluding carboxylic acids is 1. The maximum Gasteiger partial charge on any atom is 0.282 e. The molecule has 2 aliphatic heterocycles. The summed E-state index contributed by atoms with van der Waals surface area (Å²) < 4.78 is 11.1. The van der Waals surface area contributed by atoms with Crippen LogP contribution < -0.4 is 19.7 Å². The highest BCUT2D eigenvalue weighted by molar-refractivity contribution is 5.93. The molecule has 5 heteroatoms. The molecular weight excluding hydrogens is 292 g/mol. The van der Waals surface area contributed by atoms with Gasteiger partial charge in [0.25, 0.3) is 5.91 Å². The van der Waals surface area contributed by atoms with E-state index in [-0.39, 0.29) is 11.9 Å². The molecule has 0 aliphatic carbocycles. The molecule has 2 N–H and O–H groups in total. The molecule has 0 radical (unpaired) electrons. The summed E-state index contributed by atoms with van der Waals surface area (Å²) in [7, 11) is 0. The number of anilines is 1. The first-order valence-corrected chi connectivity index (χ1v) is 8.79. The van der Waals surface area contributed by atoms with E-state index in [0.717, 1.165) is 24.5 Å². The van der Waals surface area contributed by atoms with Gasteiger partial charge in [0, 0.05) is 11.8 Å². The first-order chi connectivity index (χ1) is 11.2. The van der Waals surface area contributed by atoms with Gasteiger partial charge in [-0.2, -0.15) is 0 Å². The van der Waals surface area contributed by atoms with E-state index in [2.05, 4.69) is 5.32 Å². The van der Waals surface area contributed by atoms with Gasteiger partial charge in [-0.15, -0.1) is 0 Å². The van der Waals surface area contributed by atoms with Crippen LogP contribution in [0.25, 0.3) is 0 Å². The van der Waals surface area contributed by atoms with Crippen LogP contribution in [0, 0.1) is 0 Å². The lowest BCUT2D eigenvalue weighted by atomic mass is 10.1. The lowest BCUT2D eigenvalue weighted by molar-refractivity contribution is -0.914. The quantitative estimate of drug-likeness (QED) is 0.890. The molecule has 1 aromatic rings. The number of carbonyl (C=O) groups is 1. The number of quaternary nitrogens is 1. The molecule has 5 nitrogen and oxygen atoms in total. The molecular formula is C18H27N2O3+. The zero-order valence-corrected chi connectivity index (χ0v) is 13.9. The highest BCUT2D eigenvalue weighted by atomic mass is 16.6. The molecule has 0 saturated carbocycles. The molecule has 126 valence electrons. The Labute approximate surface area is 137 Å². The van der Waals surface area contributed by atoms with Crippen molar-refractivity contribution in [2.45, 2.75) is 45.1 Å². The maximum atomic E-state index is 12.6. The maximum absolute atomic E-state index is 12.6. The van der Waals surface area contributed by atoms with Gasteiger partial charge in [-0.1, -0.05) is 6.42 Å².